The number of pyridine rings is 1. The molecule has 2 N–H and O–H groups in total. The Morgan fingerprint density at radius 3 is 2.48 bits per heavy atom. The molecular weight excluding hydrogens is 439 g/mol. The van der Waals surface area contributed by atoms with Crippen molar-refractivity contribution in [2.45, 2.75) is 17.4 Å². The number of nitrogens with one attached hydrogen (secondary N) is 2. The molecule has 11 heteroatoms. The summed E-state index contributed by atoms with van der Waals surface area (Å²) in [4.78, 5) is 16.5. The molecule has 1 aliphatic rings. The number of aromatic nitrogens is 1. The summed E-state index contributed by atoms with van der Waals surface area (Å²) in [6, 6.07) is 9.16. The largest absolute Gasteiger partial charge is 0.369 e. The van der Waals surface area contributed by atoms with E-state index < -0.39 is 21.2 Å². The average molecular weight is 458 g/mol. The number of fused-ring (bicyclic) bond motifs is 1. The predicted molar refractivity (Wildman–Crippen MR) is 112 cm³/mol. The van der Waals surface area contributed by atoms with Crippen LogP contribution in [0.1, 0.15) is 6.42 Å². The molecule has 0 saturated carbocycles. The molecule has 2 aromatic carbocycles. The van der Waals surface area contributed by atoms with Crippen molar-refractivity contribution < 1.29 is 24.2 Å². The van der Waals surface area contributed by atoms with Crippen LogP contribution in [0.15, 0.2) is 65.8 Å². The van der Waals surface area contributed by atoms with E-state index in [1.165, 1.54) is 0 Å². The van der Waals surface area contributed by atoms with Gasteiger partial charge < -0.3 is 15.5 Å². The molecule has 2 amide bonds. The Kier molecular flexibility index (Phi) is 4.58. The monoisotopic (exact) mass is 458 g/mol. The summed E-state index contributed by atoms with van der Waals surface area (Å²) in [6.07, 6.45) is 4.17. The van der Waals surface area contributed by atoms with Gasteiger partial charge in [0, 0.05) is 53.7 Å². The fourth-order valence-corrected chi connectivity index (χ4v) is 4.28. The molecule has 2 heterocycles. The van der Waals surface area contributed by atoms with Crippen LogP contribution >= 0.6 is 10.2 Å². The van der Waals surface area contributed by atoms with E-state index in [1.807, 2.05) is 24.3 Å². The molecule has 1 aromatic heterocycles. The Morgan fingerprint density at radius 1 is 1.03 bits per heavy atom. The number of halogens is 5. The normalized spacial score (nSPS) is 19.0. The summed E-state index contributed by atoms with van der Waals surface area (Å²) in [5, 5.41) is 7.20. The highest BCUT2D eigenvalue weighted by atomic mass is 32.5. The van der Waals surface area contributed by atoms with Gasteiger partial charge in [-0.2, -0.15) is 0 Å². The van der Waals surface area contributed by atoms with E-state index in [-0.39, 0.29) is 23.9 Å². The number of urea groups is 1. The van der Waals surface area contributed by atoms with E-state index >= 15 is 0 Å². The Bertz CT molecular complexity index is 1130. The topological polar surface area (TPSA) is 57.3 Å². The molecule has 1 fully saturated rings. The van der Waals surface area contributed by atoms with Crippen molar-refractivity contribution >= 4 is 38.4 Å². The third kappa shape index (κ3) is 4.82. The number of rotatable bonds is 4. The molecule has 1 aliphatic heterocycles. The van der Waals surface area contributed by atoms with E-state index in [4.69, 9.17) is 0 Å². The summed E-state index contributed by atoms with van der Waals surface area (Å²) in [7, 11) is -9.73. The maximum Gasteiger partial charge on any atom is 0.319 e. The second kappa shape index (κ2) is 6.71. The van der Waals surface area contributed by atoms with Crippen LogP contribution in [0.25, 0.3) is 10.8 Å². The van der Waals surface area contributed by atoms with Crippen molar-refractivity contribution in [3.05, 3.63) is 60.9 Å². The maximum absolute atomic E-state index is 12.8. The summed E-state index contributed by atoms with van der Waals surface area (Å²) >= 11 is 0. The zero-order valence-corrected chi connectivity index (χ0v) is 16.9. The van der Waals surface area contributed by atoms with E-state index in [2.05, 4.69) is 20.5 Å². The van der Waals surface area contributed by atoms with Gasteiger partial charge in [-0.25, -0.2) is 4.79 Å². The van der Waals surface area contributed by atoms with Gasteiger partial charge in [0.2, 0.25) is 0 Å². The van der Waals surface area contributed by atoms with Crippen LogP contribution in [0.3, 0.4) is 0 Å². The van der Waals surface area contributed by atoms with Crippen molar-refractivity contribution in [1.82, 2.24) is 10.3 Å². The molecule has 166 valence electrons. The number of hydrogen-bond acceptors (Lipinski definition) is 3. The van der Waals surface area contributed by atoms with E-state index in [9.17, 15) is 24.2 Å². The van der Waals surface area contributed by atoms with E-state index in [0.29, 0.717) is 19.5 Å². The van der Waals surface area contributed by atoms with Gasteiger partial charge in [-0.3, -0.25) is 4.98 Å². The van der Waals surface area contributed by atoms with Crippen LogP contribution in [0.5, 0.6) is 0 Å². The number of hydrogen-bond donors (Lipinski definition) is 2. The summed E-state index contributed by atoms with van der Waals surface area (Å²) in [5.41, 5.74) is 1.01. The first-order valence-electron chi connectivity index (χ1n) is 9.38. The molecule has 0 spiro atoms. The molecule has 5 nitrogen and oxygen atoms in total. The smallest absolute Gasteiger partial charge is 0.319 e. The lowest BCUT2D eigenvalue weighted by Gasteiger charge is -2.40. The second-order valence-electron chi connectivity index (χ2n) is 7.40. The Balaban J connectivity index is 1.38. The molecule has 0 radical (unpaired) electrons. The summed E-state index contributed by atoms with van der Waals surface area (Å²) in [6.45, 7) is 1.27. The lowest BCUT2D eigenvalue weighted by atomic mass is 10.1. The van der Waals surface area contributed by atoms with Crippen molar-refractivity contribution in [3.8, 4) is 0 Å². The van der Waals surface area contributed by atoms with Gasteiger partial charge in [0.05, 0.1) is 0 Å². The predicted octanol–water partition coefficient (Wildman–Crippen LogP) is 6.29. The fraction of sp³-hybridized carbons (Fsp3) is 0.200. The van der Waals surface area contributed by atoms with Crippen molar-refractivity contribution in [2.75, 3.05) is 23.3 Å². The summed E-state index contributed by atoms with van der Waals surface area (Å²) < 4.78 is 63.9. The second-order valence-corrected chi connectivity index (χ2v) is 9.81. The number of carbonyl (C=O) groups is 1. The van der Waals surface area contributed by atoms with Gasteiger partial charge in [0.15, 0.2) is 0 Å². The SMILES string of the molecule is O=C(Nc1ccc(S(F)(F)(F)(F)F)cc1)NC1CCN(c2cccc3cnccc23)C1. The molecule has 31 heavy (non-hydrogen) atoms. The van der Waals surface area contributed by atoms with Crippen LogP contribution in [-0.2, 0) is 0 Å². The Labute approximate surface area is 175 Å². The first kappa shape index (κ1) is 21.2. The van der Waals surface area contributed by atoms with Crippen molar-refractivity contribution in [2.24, 2.45) is 0 Å². The summed E-state index contributed by atoms with van der Waals surface area (Å²) in [5.74, 6) is 0. The highest BCUT2D eigenvalue weighted by Crippen LogP contribution is 3.02. The van der Waals surface area contributed by atoms with E-state index in [0.717, 1.165) is 28.6 Å². The van der Waals surface area contributed by atoms with E-state index in [1.54, 1.807) is 12.4 Å². The third-order valence-electron chi connectivity index (χ3n) is 5.08. The number of amides is 2. The molecular formula is C20H19F5N4OS. The maximum atomic E-state index is 12.8. The first-order valence-corrected chi connectivity index (χ1v) is 11.3. The molecule has 4 rings (SSSR count). The lowest BCUT2D eigenvalue weighted by molar-refractivity contribution is 0.249. The number of carbonyl (C=O) groups excluding carboxylic acids is 1. The minimum atomic E-state index is -9.73. The average Bonchev–Trinajstić information content (AvgIpc) is 3.14. The van der Waals surface area contributed by atoms with Gasteiger partial charge in [0.1, 0.15) is 4.90 Å². The highest BCUT2D eigenvalue weighted by molar-refractivity contribution is 8.45. The van der Waals surface area contributed by atoms with Crippen LogP contribution in [0.4, 0.5) is 35.6 Å². The van der Waals surface area contributed by atoms with Crippen LogP contribution < -0.4 is 15.5 Å². The highest BCUT2D eigenvalue weighted by Gasteiger charge is 2.65. The number of benzene rings is 2. The number of nitrogens with zero attached hydrogens (tertiary/aromatic N) is 2. The fourth-order valence-electron chi connectivity index (χ4n) is 3.63. The molecule has 1 atom stereocenters. The van der Waals surface area contributed by atoms with Crippen molar-refractivity contribution in [1.29, 1.82) is 0 Å². The molecule has 0 aliphatic carbocycles. The minimum Gasteiger partial charge on any atom is -0.369 e. The molecule has 0 bridgehead atoms. The quantitative estimate of drug-likeness (QED) is 0.452. The van der Waals surface area contributed by atoms with Gasteiger partial charge in [-0.15, -0.1) is 0 Å². The Hall–Kier alpha value is -3.08. The standard InChI is InChI=1S/C20H19F5N4OS/c21-31(22,23,24,25)17-6-4-15(5-7-17)27-20(30)28-16-9-11-29(13-16)19-3-1-2-14-12-26-10-8-18(14)19/h1-8,10,12,16H,9,11,13H2,(H2,27,28,30). The van der Waals surface area contributed by atoms with Crippen LogP contribution in [0.2, 0.25) is 0 Å². The van der Waals surface area contributed by atoms with Crippen LogP contribution in [0, 0.1) is 0 Å². The van der Waals surface area contributed by atoms with Crippen molar-refractivity contribution in [3.63, 3.8) is 0 Å². The molecule has 1 unspecified atom stereocenters. The zero-order chi connectivity index (χ0) is 22.3. The zero-order valence-electron chi connectivity index (χ0n) is 16.1. The van der Waals surface area contributed by atoms with Gasteiger partial charge in [-0.05, 0) is 42.8 Å². The Morgan fingerprint density at radius 2 is 1.77 bits per heavy atom. The third-order valence-corrected chi connectivity index (χ3v) is 6.24. The van der Waals surface area contributed by atoms with Gasteiger partial charge >= 0.3 is 16.3 Å². The molecule has 3 aromatic rings. The van der Waals surface area contributed by atoms with Gasteiger partial charge in [-0.1, -0.05) is 31.6 Å². The minimum absolute atomic E-state index is 0.0143. The van der Waals surface area contributed by atoms with Crippen LogP contribution in [-0.4, -0.2) is 30.1 Å². The number of anilines is 2. The first-order chi connectivity index (χ1) is 14.4. The lowest BCUT2D eigenvalue weighted by Crippen LogP contribution is -2.39. The molecule has 1 saturated heterocycles. The van der Waals surface area contributed by atoms with Gasteiger partial charge in [0.25, 0.3) is 0 Å².